The van der Waals surface area contributed by atoms with Crippen LogP contribution in [0.5, 0.6) is 0 Å². The van der Waals surface area contributed by atoms with Crippen molar-refractivity contribution in [3.63, 3.8) is 0 Å². The van der Waals surface area contributed by atoms with Gasteiger partial charge in [-0.2, -0.15) is 0 Å². The van der Waals surface area contributed by atoms with Crippen LogP contribution in [-0.4, -0.2) is 44.2 Å². The smallest absolute Gasteiger partial charge is 0.346 e. The summed E-state index contributed by atoms with van der Waals surface area (Å²) in [6, 6.07) is 22.0. The molecule has 9 nitrogen and oxygen atoms in total. The van der Waals surface area contributed by atoms with E-state index >= 15 is 0 Å². The summed E-state index contributed by atoms with van der Waals surface area (Å²) in [7, 11) is 0. The standard InChI is InChI=1S/C30H32N2O7/c1-29(2,3)39-28(33)30(34)23(19-20-13-7-4-8-14-20)24(21-15-9-5-10-16-21)26(31(35)36)25(27(30)32(37)38)22-17-11-6-12-18-22/h4-18,23-27,34H,19H2,1-3H3/t23-,24+,25-,26+,27+,30-/m1/s1. The van der Waals surface area contributed by atoms with Crippen LogP contribution in [-0.2, 0) is 16.0 Å². The van der Waals surface area contributed by atoms with E-state index in [1.807, 2.05) is 0 Å². The molecular weight excluding hydrogens is 500 g/mol. The number of hydrogen-bond acceptors (Lipinski definition) is 7. The number of carbonyl (C=O) groups is 1. The Labute approximate surface area is 226 Å². The Bertz CT molecular complexity index is 1310. The number of aliphatic hydroxyl groups is 1. The first kappa shape index (κ1) is 27.9. The highest BCUT2D eigenvalue weighted by molar-refractivity contribution is 5.82. The molecule has 6 atom stereocenters. The van der Waals surface area contributed by atoms with Crippen molar-refractivity contribution < 1.29 is 24.5 Å². The maximum atomic E-state index is 13.9. The van der Waals surface area contributed by atoms with Gasteiger partial charge in [-0.05, 0) is 43.9 Å². The second-order valence-corrected chi connectivity index (χ2v) is 11.0. The van der Waals surface area contributed by atoms with E-state index in [-0.39, 0.29) is 6.42 Å². The predicted molar refractivity (Wildman–Crippen MR) is 144 cm³/mol. The van der Waals surface area contributed by atoms with Crippen LogP contribution in [0.1, 0.15) is 49.3 Å². The summed E-state index contributed by atoms with van der Waals surface area (Å²) in [5.41, 5.74) is -2.30. The number of ether oxygens (including phenoxy) is 1. The molecule has 0 amide bonds. The van der Waals surface area contributed by atoms with Crippen molar-refractivity contribution in [3.05, 3.63) is 128 Å². The van der Waals surface area contributed by atoms with E-state index in [9.17, 15) is 30.1 Å². The largest absolute Gasteiger partial charge is 0.458 e. The second kappa shape index (κ2) is 10.9. The molecule has 1 aliphatic rings. The van der Waals surface area contributed by atoms with Crippen molar-refractivity contribution in [2.75, 3.05) is 0 Å². The van der Waals surface area contributed by atoms with Gasteiger partial charge in [-0.1, -0.05) is 91.0 Å². The zero-order chi connectivity index (χ0) is 28.4. The average molecular weight is 533 g/mol. The molecule has 3 aromatic rings. The highest BCUT2D eigenvalue weighted by atomic mass is 16.6. The van der Waals surface area contributed by atoms with Gasteiger partial charge in [0.15, 0.2) is 0 Å². The second-order valence-electron chi connectivity index (χ2n) is 11.0. The van der Waals surface area contributed by atoms with Gasteiger partial charge in [-0.3, -0.25) is 20.2 Å². The number of nitrogens with zero attached hydrogens (tertiary/aromatic N) is 2. The Kier molecular flexibility index (Phi) is 7.83. The molecule has 4 rings (SSSR count). The number of esters is 1. The van der Waals surface area contributed by atoms with Gasteiger partial charge >= 0.3 is 5.97 Å². The van der Waals surface area contributed by atoms with Crippen LogP contribution in [0.2, 0.25) is 0 Å². The zero-order valence-corrected chi connectivity index (χ0v) is 22.0. The highest BCUT2D eigenvalue weighted by Crippen LogP contribution is 2.53. The molecule has 1 fully saturated rings. The van der Waals surface area contributed by atoms with Crippen LogP contribution in [0.4, 0.5) is 0 Å². The molecule has 0 spiro atoms. The normalized spacial score (nSPS) is 26.9. The minimum Gasteiger partial charge on any atom is -0.458 e. The molecular formula is C30H32N2O7. The zero-order valence-electron chi connectivity index (χ0n) is 22.0. The lowest BCUT2D eigenvalue weighted by Crippen LogP contribution is -2.70. The maximum Gasteiger partial charge on any atom is 0.346 e. The molecule has 1 N–H and O–H groups in total. The summed E-state index contributed by atoms with van der Waals surface area (Å²) in [6.45, 7) is 4.81. The minimum atomic E-state index is -2.69. The van der Waals surface area contributed by atoms with E-state index in [4.69, 9.17) is 4.74 Å². The molecule has 0 aromatic heterocycles. The van der Waals surface area contributed by atoms with Gasteiger partial charge in [0.1, 0.15) is 11.5 Å². The third-order valence-corrected chi connectivity index (χ3v) is 7.39. The van der Waals surface area contributed by atoms with Gasteiger partial charge in [0.25, 0.3) is 6.04 Å². The van der Waals surface area contributed by atoms with E-state index < -0.39 is 56.9 Å². The summed E-state index contributed by atoms with van der Waals surface area (Å²) in [6.07, 6.45) is -0.0215. The van der Waals surface area contributed by atoms with Crippen molar-refractivity contribution in [2.45, 2.75) is 62.3 Å². The van der Waals surface area contributed by atoms with Gasteiger partial charge in [-0.15, -0.1) is 0 Å². The number of nitro groups is 2. The van der Waals surface area contributed by atoms with Gasteiger partial charge in [-0.25, -0.2) is 4.79 Å². The third-order valence-electron chi connectivity index (χ3n) is 7.39. The predicted octanol–water partition coefficient (Wildman–Crippen LogP) is 4.79. The van der Waals surface area contributed by atoms with Gasteiger partial charge in [0.2, 0.25) is 11.6 Å². The van der Waals surface area contributed by atoms with Crippen LogP contribution in [0, 0.1) is 26.1 Å². The molecule has 0 aliphatic heterocycles. The van der Waals surface area contributed by atoms with Crippen LogP contribution >= 0.6 is 0 Å². The van der Waals surface area contributed by atoms with E-state index in [1.165, 1.54) is 0 Å². The monoisotopic (exact) mass is 532 g/mol. The fraction of sp³-hybridized carbons (Fsp3) is 0.367. The van der Waals surface area contributed by atoms with Gasteiger partial charge in [0.05, 0.1) is 5.92 Å². The van der Waals surface area contributed by atoms with Crippen molar-refractivity contribution in [3.8, 4) is 0 Å². The van der Waals surface area contributed by atoms with Crippen LogP contribution < -0.4 is 0 Å². The van der Waals surface area contributed by atoms with E-state index in [0.29, 0.717) is 16.7 Å². The van der Waals surface area contributed by atoms with E-state index in [0.717, 1.165) is 0 Å². The molecule has 0 radical (unpaired) electrons. The number of benzene rings is 3. The molecule has 204 valence electrons. The SMILES string of the molecule is CC(C)(C)OC(=O)[C@@]1(O)[C@H](Cc2ccccc2)[C@H](c2ccccc2)[C@H]([N+](=O)[O-])[C@@H](c2ccccc2)[C@@H]1[N+](=O)[O-]. The summed E-state index contributed by atoms with van der Waals surface area (Å²) < 4.78 is 5.63. The first-order valence-corrected chi connectivity index (χ1v) is 12.8. The summed E-state index contributed by atoms with van der Waals surface area (Å²) in [5, 5.41) is 38.2. The molecule has 1 saturated carbocycles. The first-order chi connectivity index (χ1) is 18.4. The Morgan fingerprint density at radius 3 is 1.72 bits per heavy atom. The van der Waals surface area contributed by atoms with Crippen molar-refractivity contribution in [1.29, 1.82) is 0 Å². The Hall–Kier alpha value is -4.11. The van der Waals surface area contributed by atoms with Crippen LogP contribution in [0.25, 0.3) is 0 Å². The van der Waals surface area contributed by atoms with Crippen molar-refractivity contribution in [2.24, 2.45) is 5.92 Å². The third kappa shape index (κ3) is 5.54. The highest BCUT2D eigenvalue weighted by Gasteiger charge is 2.72. The van der Waals surface area contributed by atoms with Crippen molar-refractivity contribution in [1.82, 2.24) is 0 Å². The summed E-state index contributed by atoms with van der Waals surface area (Å²) in [4.78, 5) is 38.4. The van der Waals surface area contributed by atoms with E-state index in [1.54, 1.807) is 112 Å². The average Bonchev–Trinajstić information content (AvgIpc) is 2.89. The number of carbonyl (C=O) groups excluding carboxylic acids is 1. The molecule has 3 aromatic carbocycles. The quantitative estimate of drug-likeness (QED) is 0.263. The lowest BCUT2D eigenvalue weighted by molar-refractivity contribution is -0.594. The topological polar surface area (TPSA) is 133 Å². The van der Waals surface area contributed by atoms with E-state index in [2.05, 4.69) is 0 Å². The summed E-state index contributed by atoms with van der Waals surface area (Å²) in [5.74, 6) is -4.89. The lowest BCUT2D eigenvalue weighted by atomic mass is 9.55. The summed E-state index contributed by atoms with van der Waals surface area (Å²) >= 11 is 0. The van der Waals surface area contributed by atoms with Crippen LogP contribution in [0.15, 0.2) is 91.0 Å². The van der Waals surface area contributed by atoms with Gasteiger partial charge in [0, 0.05) is 15.8 Å². The number of hydrogen-bond donors (Lipinski definition) is 1. The first-order valence-electron chi connectivity index (χ1n) is 12.8. The Balaban J connectivity index is 2.06. The molecule has 9 heteroatoms. The molecule has 1 aliphatic carbocycles. The fourth-order valence-electron chi connectivity index (χ4n) is 5.91. The molecule has 39 heavy (non-hydrogen) atoms. The Morgan fingerprint density at radius 1 is 0.821 bits per heavy atom. The fourth-order valence-corrected chi connectivity index (χ4v) is 5.91. The number of rotatable bonds is 7. The molecule has 0 unspecified atom stereocenters. The maximum absolute atomic E-state index is 13.9. The minimum absolute atomic E-state index is 0.0215. The molecule has 0 saturated heterocycles. The van der Waals surface area contributed by atoms with Gasteiger partial charge < -0.3 is 9.84 Å². The van der Waals surface area contributed by atoms with Crippen LogP contribution in [0.3, 0.4) is 0 Å². The Morgan fingerprint density at radius 2 is 1.28 bits per heavy atom. The van der Waals surface area contributed by atoms with Crippen molar-refractivity contribution >= 4 is 5.97 Å². The lowest BCUT2D eigenvalue weighted by Gasteiger charge is -2.48. The molecule has 0 heterocycles. The molecule has 0 bridgehead atoms.